The quantitative estimate of drug-likeness (QED) is 0.942. The van der Waals surface area contributed by atoms with Crippen LogP contribution in [-0.4, -0.2) is 4.98 Å². The van der Waals surface area contributed by atoms with Gasteiger partial charge in [0.15, 0.2) is 0 Å². The molecule has 0 bridgehead atoms. The lowest BCUT2D eigenvalue weighted by atomic mass is 10.2. The van der Waals surface area contributed by atoms with Gasteiger partial charge < -0.3 is 5.32 Å². The second kappa shape index (κ2) is 5.46. The Kier molecular flexibility index (Phi) is 3.73. The summed E-state index contributed by atoms with van der Waals surface area (Å²) >= 11 is 3.38. The van der Waals surface area contributed by atoms with E-state index < -0.39 is 0 Å². The third-order valence-electron chi connectivity index (χ3n) is 2.27. The molecule has 4 heteroatoms. The lowest BCUT2D eigenvalue weighted by Crippen LogP contribution is -1.99. The van der Waals surface area contributed by atoms with Gasteiger partial charge in [-0.25, -0.2) is 0 Å². The number of hydrogen-bond acceptors (Lipinski definition) is 3. The molecular weight excluding hydrogens is 278 g/mol. The topological polar surface area (TPSA) is 48.7 Å². The van der Waals surface area contributed by atoms with Crippen LogP contribution in [0.15, 0.2) is 47.2 Å². The molecule has 0 atom stereocenters. The molecule has 0 amide bonds. The Labute approximate surface area is 108 Å². The van der Waals surface area contributed by atoms with Crippen LogP contribution >= 0.6 is 15.9 Å². The second-order valence-electron chi connectivity index (χ2n) is 3.55. The van der Waals surface area contributed by atoms with Crippen LogP contribution in [0.5, 0.6) is 0 Å². The molecule has 0 unspecified atom stereocenters. The highest BCUT2D eigenvalue weighted by atomic mass is 79.9. The molecule has 0 aliphatic rings. The maximum absolute atomic E-state index is 8.68. The highest BCUT2D eigenvalue weighted by Gasteiger charge is 1.96. The van der Waals surface area contributed by atoms with E-state index in [0.717, 1.165) is 15.7 Å². The van der Waals surface area contributed by atoms with Crippen molar-refractivity contribution in [3.8, 4) is 6.07 Å². The molecule has 0 saturated carbocycles. The number of hydrogen-bond donors (Lipinski definition) is 1. The van der Waals surface area contributed by atoms with E-state index in [0.29, 0.717) is 12.1 Å². The van der Waals surface area contributed by atoms with Gasteiger partial charge in [-0.15, -0.1) is 0 Å². The fourth-order valence-electron chi connectivity index (χ4n) is 1.42. The van der Waals surface area contributed by atoms with Gasteiger partial charge in [0.2, 0.25) is 0 Å². The number of nitrogens with one attached hydrogen (secondary N) is 1. The largest absolute Gasteiger partial charge is 0.381 e. The molecule has 1 aromatic carbocycles. The number of halogens is 1. The Morgan fingerprint density at radius 3 is 2.65 bits per heavy atom. The van der Waals surface area contributed by atoms with Crippen molar-refractivity contribution in [2.24, 2.45) is 0 Å². The molecule has 17 heavy (non-hydrogen) atoms. The van der Waals surface area contributed by atoms with E-state index in [9.17, 15) is 0 Å². The summed E-state index contributed by atoms with van der Waals surface area (Å²) in [5.41, 5.74) is 2.76. The Hall–Kier alpha value is -1.86. The number of anilines is 1. The van der Waals surface area contributed by atoms with Gasteiger partial charge in [-0.1, -0.05) is 0 Å². The van der Waals surface area contributed by atoms with E-state index in [-0.39, 0.29) is 0 Å². The van der Waals surface area contributed by atoms with Crippen molar-refractivity contribution in [3.05, 3.63) is 58.3 Å². The Bertz CT molecular complexity index is 543. The van der Waals surface area contributed by atoms with E-state index in [4.69, 9.17) is 5.26 Å². The summed E-state index contributed by atoms with van der Waals surface area (Å²) in [4.78, 5) is 4.09. The lowest BCUT2D eigenvalue weighted by molar-refractivity contribution is 1.11. The van der Waals surface area contributed by atoms with Crippen molar-refractivity contribution >= 4 is 21.6 Å². The SMILES string of the molecule is N#Cc1ccc(NCc2cncc(Br)c2)cc1. The molecule has 0 spiro atoms. The van der Waals surface area contributed by atoms with E-state index in [1.807, 2.05) is 24.4 Å². The number of rotatable bonds is 3. The third kappa shape index (κ3) is 3.30. The zero-order valence-electron chi connectivity index (χ0n) is 9.02. The summed E-state index contributed by atoms with van der Waals surface area (Å²) in [6.45, 7) is 0.707. The maximum atomic E-state index is 8.68. The zero-order chi connectivity index (χ0) is 12.1. The fraction of sp³-hybridized carbons (Fsp3) is 0.0769. The highest BCUT2D eigenvalue weighted by Crippen LogP contribution is 2.13. The van der Waals surface area contributed by atoms with Gasteiger partial charge in [0, 0.05) is 29.1 Å². The minimum atomic E-state index is 0.666. The van der Waals surface area contributed by atoms with Gasteiger partial charge in [-0.3, -0.25) is 4.98 Å². The Morgan fingerprint density at radius 1 is 1.24 bits per heavy atom. The first-order valence-electron chi connectivity index (χ1n) is 5.11. The number of aromatic nitrogens is 1. The predicted molar refractivity (Wildman–Crippen MR) is 70.4 cm³/mol. The van der Waals surface area contributed by atoms with E-state index in [1.165, 1.54) is 0 Å². The summed E-state index contributed by atoms with van der Waals surface area (Å²) in [6.07, 6.45) is 3.58. The number of nitriles is 1. The van der Waals surface area contributed by atoms with Crippen LogP contribution in [0.2, 0.25) is 0 Å². The minimum Gasteiger partial charge on any atom is -0.381 e. The minimum absolute atomic E-state index is 0.666. The first-order chi connectivity index (χ1) is 8.28. The van der Waals surface area contributed by atoms with Crippen molar-refractivity contribution in [2.45, 2.75) is 6.54 Å². The monoisotopic (exact) mass is 287 g/mol. The van der Waals surface area contributed by atoms with Crippen LogP contribution in [0.1, 0.15) is 11.1 Å². The number of benzene rings is 1. The second-order valence-corrected chi connectivity index (χ2v) is 4.47. The van der Waals surface area contributed by atoms with Crippen molar-refractivity contribution in [1.82, 2.24) is 4.98 Å². The summed E-state index contributed by atoms with van der Waals surface area (Å²) < 4.78 is 0.969. The molecule has 0 saturated heterocycles. The fourth-order valence-corrected chi connectivity index (χ4v) is 1.83. The van der Waals surface area contributed by atoms with Crippen molar-refractivity contribution in [1.29, 1.82) is 5.26 Å². The molecule has 84 valence electrons. The first-order valence-corrected chi connectivity index (χ1v) is 5.91. The van der Waals surface area contributed by atoms with Gasteiger partial charge in [0.05, 0.1) is 11.6 Å². The summed E-state index contributed by atoms with van der Waals surface area (Å²) in [5, 5.41) is 12.0. The summed E-state index contributed by atoms with van der Waals surface area (Å²) in [5.74, 6) is 0. The molecular formula is C13H10BrN3. The predicted octanol–water partition coefficient (Wildman–Crippen LogP) is 3.33. The number of nitrogens with zero attached hydrogens (tertiary/aromatic N) is 2. The van der Waals surface area contributed by atoms with Gasteiger partial charge in [-0.05, 0) is 51.8 Å². The standard InChI is InChI=1S/C13H10BrN3/c14-12-5-11(7-16-9-12)8-17-13-3-1-10(6-15)2-4-13/h1-5,7,9,17H,8H2. The van der Waals surface area contributed by atoms with Crippen LogP contribution in [0.3, 0.4) is 0 Å². The molecule has 1 aromatic heterocycles. The third-order valence-corrected chi connectivity index (χ3v) is 2.71. The smallest absolute Gasteiger partial charge is 0.0991 e. The molecule has 1 heterocycles. The summed E-state index contributed by atoms with van der Waals surface area (Å²) in [6, 6.07) is 11.5. The van der Waals surface area contributed by atoms with Gasteiger partial charge in [-0.2, -0.15) is 5.26 Å². The molecule has 3 nitrogen and oxygen atoms in total. The number of pyridine rings is 1. The van der Waals surface area contributed by atoms with E-state index in [2.05, 4.69) is 32.3 Å². The van der Waals surface area contributed by atoms with Crippen LogP contribution in [0, 0.1) is 11.3 Å². The first kappa shape index (κ1) is 11.6. The molecule has 2 aromatic rings. The molecule has 0 aliphatic heterocycles. The van der Waals surface area contributed by atoms with Crippen molar-refractivity contribution < 1.29 is 0 Å². The average Bonchev–Trinajstić information content (AvgIpc) is 2.37. The maximum Gasteiger partial charge on any atom is 0.0991 e. The van der Waals surface area contributed by atoms with Gasteiger partial charge >= 0.3 is 0 Å². The summed E-state index contributed by atoms with van der Waals surface area (Å²) in [7, 11) is 0. The van der Waals surface area contributed by atoms with Crippen molar-refractivity contribution in [2.75, 3.05) is 5.32 Å². The molecule has 1 N–H and O–H groups in total. The van der Waals surface area contributed by atoms with Crippen LogP contribution in [-0.2, 0) is 6.54 Å². The zero-order valence-corrected chi connectivity index (χ0v) is 10.6. The Morgan fingerprint density at radius 2 is 2.00 bits per heavy atom. The van der Waals surface area contributed by atoms with Crippen LogP contribution in [0.25, 0.3) is 0 Å². The van der Waals surface area contributed by atoms with E-state index in [1.54, 1.807) is 18.3 Å². The lowest BCUT2D eigenvalue weighted by Gasteiger charge is -2.06. The van der Waals surface area contributed by atoms with E-state index >= 15 is 0 Å². The molecule has 0 fully saturated rings. The van der Waals surface area contributed by atoms with Crippen LogP contribution < -0.4 is 5.32 Å². The Balaban J connectivity index is 2.00. The molecule has 0 radical (unpaired) electrons. The normalized spacial score (nSPS) is 9.65. The highest BCUT2D eigenvalue weighted by molar-refractivity contribution is 9.10. The average molecular weight is 288 g/mol. The van der Waals surface area contributed by atoms with Crippen molar-refractivity contribution in [3.63, 3.8) is 0 Å². The molecule has 0 aliphatic carbocycles. The molecule has 2 rings (SSSR count). The van der Waals surface area contributed by atoms with Gasteiger partial charge in [0.25, 0.3) is 0 Å². The van der Waals surface area contributed by atoms with Crippen LogP contribution in [0.4, 0.5) is 5.69 Å². The van der Waals surface area contributed by atoms with Gasteiger partial charge in [0.1, 0.15) is 0 Å².